The molecule has 2 aliphatic rings. The van der Waals surface area contributed by atoms with E-state index in [0.717, 1.165) is 17.0 Å². The minimum absolute atomic E-state index is 0.0210. The van der Waals surface area contributed by atoms with Gasteiger partial charge in [-0.2, -0.15) is 0 Å². The lowest BCUT2D eigenvalue weighted by atomic mass is 10.2. The third-order valence-corrected chi connectivity index (χ3v) is 6.53. The molecule has 4 aromatic rings. The van der Waals surface area contributed by atoms with Crippen molar-refractivity contribution < 1.29 is 18.3 Å². The van der Waals surface area contributed by atoms with Gasteiger partial charge in [0.25, 0.3) is 11.1 Å². The second-order valence-corrected chi connectivity index (χ2v) is 8.74. The molecule has 14 heteroatoms. The Morgan fingerprint density at radius 3 is 2.41 bits per heavy atom. The quantitative estimate of drug-likeness (QED) is 0.399. The predicted molar refractivity (Wildman–Crippen MR) is 126 cm³/mol. The van der Waals surface area contributed by atoms with E-state index >= 15 is 8.78 Å². The number of carbonyl (C=O) groups excluding carboxylic acids is 1. The molecule has 2 aliphatic heterocycles. The Morgan fingerprint density at radius 1 is 0.973 bits per heavy atom. The number of hydrogen-bond donors (Lipinski definition) is 0. The monoisotopic (exact) mass is 510 g/mol. The third-order valence-electron chi connectivity index (χ3n) is 6.53. The second kappa shape index (κ2) is 8.80. The van der Waals surface area contributed by atoms with Crippen molar-refractivity contribution in [2.75, 3.05) is 29.4 Å². The Balaban J connectivity index is 1.26. The third kappa shape index (κ3) is 3.90. The maximum atomic E-state index is 15.3. The summed E-state index contributed by atoms with van der Waals surface area (Å²) in [7, 11) is 0. The van der Waals surface area contributed by atoms with Gasteiger partial charge in [-0.15, -0.1) is 5.10 Å². The highest BCUT2D eigenvalue weighted by molar-refractivity contribution is 5.90. The van der Waals surface area contributed by atoms with Crippen molar-refractivity contribution in [3.8, 4) is 0 Å². The second-order valence-electron chi connectivity index (χ2n) is 8.74. The molecular weight excluding hydrogens is 490 g/mol. The Labute approximate surface area is 206 Å². The maximum Gasteiger partial charge on any atom is 0.414 e. The largest absolute Gasteiger partial charge is 0.442 e. The number of ether oxygens (including phenoxy) is 1. The van der Waals surface area contributed by atoms with E-state index in [0.29, 0.717) is 0 Å². The van der Waals surface area contributed by atoms with Gasteiger partial charge in [-0.1, -0.05) is 5.21 Å². The predicted octanol–water partition coefficient (Wildman–Crippen LogP) is 0.973. The van der Waals surface area contributed by atoms with Gasteiger partial charge in [0, 0.05) is 37.6 Å². The van der Waals surface area contributed by atoms with Crippen LogP contribution in [0.1, 0.15) is 0 Å². The Bertz CT molecular complexity index is 1550. The molecule has 1 fully saturated rings. The zero-order valence-corrected chi connectivity index (χ0v) is 19.3. The van der Waals surface area contributed by atoms with Gasteiger partial charge < -0.3 is 9.64 Å². The summed E-state index contributed by atoms with van der Waals surface area (Å²) in [6, 6.07) is 5.25. The van der Waals surface area contributed by atoms with Gasteiger partial charge in [0.15, 0.2) is 11.6 Å². The molecule has 0 aliphatic carbocycles. The highest BCUT2D eigenvalue weighted by Crippen LogP contribution is 2.31. The molecule has 0 spiro atoms. The summed E-state index contributed by atoms with van der Waals surface area (Å²) in [5.41, 5.74) is -1.06. The summed E-state index contributed by atoms with van der Waals surface area (Å²) in [6.07, 6.45) is 3.26. The molecule has 0 unspecified atom stereocenters. The average molecular weight is 510 g/mol. The minimum Gasteiger partial charge on any atom is -0.442 e. The standard InChI is InChI=1S/C23H20F2N8O4/c24-17-10-14(31-13-15(37-23(31)36)12-30-5-4-27-28-30)11-18(25)20(17)29-6-8-32-21(34)16-2-1-3-26-19(16)22(35)33(32)9-7-29/h1-5,10-11,15H,6-9,12-13H2/t15-/m0/s1. The lowest BCUT2D eigenvalue weighted by molar-refractivity contribution is 0.129. The lowest BCUT2D eigenvalue weighted by Gasteiger charge is -2.24. The van der Waals surface area contributed by atoms with Crippen LogP contribution >= 0.6 is 0 Å². The van der Waals surface area contributed by atoms with Gasteiger partial charge >= 0.3 is 6.09 Å². The van der Waals surface area contributed by atoms with E-state index in [1.54, 1.807) is 12.3 Å². The number of carbonyl (C=O) groups is 1. The van der Waals surface area contributed by atoms with Crippen LogP contribution in [0.3, 0.4) is 0 Å². The minimum atomic E-state index is -0.875. The molecule has 1 aromatic carbocycles. The topological polar surface area (TPSA) is 120 Å². The zero-order chi connectivity index (χ0) is 25.7. The number of aromatic nitrogens is 6. The van der Waals surface area contributed by atoms with Gasteiger partial charge in [0.2, 0.25) is 0 Å². The summed E-state index contributed by atoms with van der Waals surface area (Å²) >= 11 is 0. The molecule has 1 amide bonds. The fraction of sp³-hybridized carbons (Fsp3) is 0.304. The highest BCUT2D eigenvalue weighted by Gasteiger charge is 2.34. The number of rotatable bonds is 4. The van der Waals surface area contributed by atoms with E-state index in [2.05, 4.69) is 15.3 Å². The number of cyclic esters (lactones) is 1. The van der Waals surface area contributed by atoms with Crippen molar-refractivity contribution in [3.05, 3.63) is 75.2 Å². The normalized spacial score (nSPS) is 17.7. The number of hydrogen-bond acceptors (Lipinski definition) is 8. The van der Waals surface area contributed by atoms with E-state index in [9.17, 15) is 14.4 Å². The smallest absolute Gasteiger partial charge is 0.414 e. The molecule has 3 aromatic heterocycles. The number of halogens is 2. The molecule has 0 saturated carbocycles. The first kappa shape index (κ1) is 22.8. The number of fused-ring (bicyclic) bond motifs is 2. The van der Waals surface area contributed by atoms with Crippen LogP contribution in [0.15, 0.2) is 52.4 Å². The summed E-state index contributed by atoms with van der Waals surface area (Å²) in [4.78, 5) is 44.9. The first-order chi connectivity index (χ1) is 17.9. The molecule has 1 saturated heterocycles. The van der Waals surface area contributed by atoms with Gasteiger partial charge in [-0.25, -0.2) is 27.6 Å². The zero-order valence-electron chi connectivity index (χ0n) is 19.3. The summed E-state index contributed by atoms with van der Waals surface area (Å²) in [5, 5.41) is 7.72. The van der Waals surface area contributed by atoms with Crippen LogP contribution in [0.25, 0.3) is 10.9 Å². The number of benzene rings is 1. The fourth-order valence-corrected chi connectivity index (χ4v) is 4.82. The molecule has 1 atom stereocenters. The molecule has 12 nitrogen and oxygen atoms in total. The molecule has 0 bridgehead atoms. The van der Waals surface area contributed by atoms with E-state index in [-0.39, 0.29) is 61.5 Å². The average Bonchev–Trinajstić information content (AvgIpc) is 3.46. The summed E-state index contributed by atoms with van der Waals surface area (Å²) in [6.45, 7) is 0.582. The van der Waals surface area contributed by atoms with E-state index in [4.69, 9.17) is 4.74 Å². The van der Waals surface area contributed by atoms with E-state index in [1.807, 2.05) is 0 Å². The number of pyridine rings is 1. The Hall–Kier alpha value is -4.62. The van der Waals surface area contributed by atoms with Crippen molar-refractivity contribution in [1.82, 2.24) is 29.3 Å². The molecular formula is C23H20F2N8O4. The van der Waals surface area contributed by atoms with Crippen LogP contribution in [0.4, 0.5) is 25.0 Å². The van der Waals surface area contributed by atoms with Gasteiger partial charge in [0.05, 0.1) is 43.4 Å². The number of amides is 1. The van der Waals surface area contributed by atoms with Gasteiger partial charge in [-0.3, -0.25) is 19.5 Å². The van der Waals surface area contributed by atoms with Crippen LogP contribution in [-0.4, -0.2) is 61.2 Å². The highest BCUT2D eigenvalue weighted by atomic mass is 19.1. The Morgan fingerprint density at radius 2 is 1.70 bits per heavy atom. The van der Waals surface area contributed by atoms with Crippen molar-refractivity contribution in [3.63, 3.8) is 0 Å². The fourth-order valence-electron chi connectivity index (χ4n) is 4.82. The molecule has 37 heavy (non-hydrogen) atoms. The number of anilines is 2. The molecule has 6 rings (SSSR count). The first-order valence-corrected chi connectivity index (χ1v) is 11.6. The van der Waals surface area contributed by atoms with Crippen LogP contribution in [0, 0.1) is 11.6 Å². The molecule has 0 N–H and O–H groups in total. The van der Waals surface area contributed by atoms with E-state index < -0.39 is 35.0 Å². The van der Waals surface area contributed by atoms with Crippen LogP contribution < -0.4 is 20.9 Å². The van der Waals surface area contributed by atoms with Crippen molar-refractivity contribution >= 4 is 28.4 Å². The summed E-state index contributed by atoms with van der Waals surface area (Å²) in [5.74, 6) is -1.75. The van der Waals surface area contributed by atoms with Gasteiger partial charge in [-0.05, 0) is 12.1 Å². The van der Waals surface area contributed by atoms with Crippen molar-refractivity contribution in [2.45, 2.75) is 25.7 Å². The Kier molecular flexibility index (Phi) is 5.43. The molecule has 0 radical (unpaired) electrons. The van der Waals surface area contributed by atoms with Gasteiger partial charge in [0.1, 0.15) is 17.3 Å². The van der Waals surface area contributed by atoms with Crippen LogP contribution in [0.5, 0.6) is 0 Å². The first-order valence-electron chi connectivity index (χ1n) is 11.6. The summed E-state index contributed by atoms with van der Waals surface area (Å²) < 4.78 is 39.9. The molecule has 190 valence electrons. The van der Waals surface area contributed by atoms with Crippen molar-refractivity contribution in [2.24, 2.45) is 0 Å². The number of nitrogens with zero attached hydrogens (tertiary/aromatic N) is 8. The molecule has 5 heterocycles. The van der Waals surface area contributed by atoms with Crippen LogP contribution in [0.2, 0.25) is 0 Å². The maximum absolute atomic E-state index is 15.3. The van der Waals surface area contributed by atoms with Crippen molar-refractivity contribution in [1.29, 1.82) is 0 Å². The van der Waals surface area contributed by atoms with E-state index in [1.165, 1.54) is 37.4 Å². The SMILES string of the molecule is O=C1O[C@@H](Cn2ccnn2)CN1c1cc(F)c(N2CCn3c(=O)c4cccnc4c(=O)n3CC2)c(F)c1. The van der Waals surface area contributed by atoms with Crippen LogP contribution in [-0.2, 0) is 24.4 Å². The lowest BCUT2D eigenvalue weighted by Crippen LogP contribution is -2.39.